The van der Waals surface area contributed by atoms with Gasteiger partial charge >= 0.3 is 17.9 Å². The van der Waals surface area contributed by atoms with Gasteiger partial charge in [-0.15, -0.1) is 0 Å². The van der Waals surface area contributed by atoms with Crippen LogP contribution in [0.5, 0.6) is 0 Å². The molecule has 5 aliphatic rings. The lowest BCUT2D eigenvalue weighted by atomic mass is 9.32. The van der Waals surface area contributed by atoms with Gasteiger partial charge in [0, 0.05) is 5.41 Å². The minimum Gasteiger partial charge on any atom is -0.481 e. The summed E-state index contributed by atoms with van der Waals surface area (Å²) in [4.78, 5) is 37.5. The molecule has 0 aromatic carbocycles. The zero-order valence-electron chi connectivity index (χ0n) is 27.8. The van der Waals surface area contributed by atoms with Crippen LogP contribution in [0.1, 0.15) is 133 Å². The Bertz CT molecular complexity index is 1120. The zero-order chi connectivity index (χ0) is 31.3. The van der Waals surface area contributed by atoms with E-state index in [0.717, 1.165) is 64.2 Å². The summed E-state index contributed by atoms with van der Waals surface area (Å²) >= 11 is 0. The third-order valence-corrected chi connectivity index (χ3v) is 15.1. The summed E-state index contributed by atoms with van der Waals surface area (Å²) in [6.07, 6.45) is 9.76. The maximum absolute atomic E-state index is 12.9. The van der Waals surface area contributed by atoms with E-state index < -0.39 is 28.7 Å². The molecule has 5 fully saturated rings. The number of carbonyl (C=O) groups is 3. The second kappa shape index (κ2) is 9.96. The maximum Gasteiger partial charge on any atom is 0.309 e. The van der Waals surface area contributed by atoms with Crippen molar-refractivity contribution in [2.75, 3.05) is 0 Å². The molecule has 0 aliphatic heterocycles. The monoisotopic (exact) mass is 586 g/mol. The van der Waals surface area contributed by atoms with Crippen molar-refractivity contribution in [3.8, 4) is 0 Å². The molecular weight excluding hydrogens is 528 g/mol. The highest BCUT2D eigenvalue weighted by molar-refractivity contribution is 5.81. The van der Waals surface area contributed by atoms with Crippen molar-refractivity contribution in [1.29, 1.82) is 0 Å². The van der Waals surface area contributed by atoms with Crippen LogP contribution in [-0.2, 0) is 19.1 Å². The predicted molar refractivity (Wildman–Crippen MR) is 163 cm³/mol. The first-order chi connectivity index (χ1) is 19.3. The van der Waals surface area contributed by atoms with Gasteiger partial charge in [0.25, 0.3) is 0 Å². The molecule has 238 valence electrons. The summed E-state index contributed by atoms with van der Waals surface area (Å²) in [6.45, 7) is 20.0. The van der Waals surface area contributed by atoms with E-state index in [1.54, 1.807) is 13.8 Å². The molecule has 0 amide bonds. The van der Waals surface area contributed by atoms with Crippen LogP contribution in [-0.4, -0.2) is 34.2 Å². The predicted octanol–water partition coefficient (Wildman–Crippen LogP) is 8.22. The number of rotatable bonds is 6. The van der Waals surface area contributed by atoms with Crippen LogP contribution in [0.4, 0.5) is 0 Å². The topological polar surface area (TPSA) is 101 Å². The molecule has 5 saturated carbocycles. The van der Waals surface area contributed by atoms with Gasteiger partial charge in [0.2, 0.25) is 0 Å². The maximum atomic E-state index is 12.9. The molecule has 0 radical (unpaired) electrons. The lowest BCUT2D eigenvalue weighted by molar-refractivity contribution is -0.252. The Labute approximate surface area is 254 Å². The summed E-state index contributed by atoms with van der Waals surface area (Å²) in [6, 6.07) is 0. The first-order valence-corrected chi connectivity index (χ1v) is 16.9. The quantitative estimate of drug-likeness (QED) is 0.304. The second-order valence-electron chi connectivity index (χ2n) is 17.8. The fraction of sp³-hybridized carbons (Fsp3) is 0.917. The summed E-state index contributed by atoms with van der Waals surface area (Å²) < 4.78 is 6.11. The molecule has 2 N–H and O–H groups in total. The molecular formula is C36H58O6. The number of carbonyl (C=O) groups excluding carboxylic acids is 1. The molecule has 6 heteroatoms. The summed E-state index contributed by atoms with van der Waals surface area (Å²) in [7, 11) is 0. The van der Waals surface area contributed by atoms with Gasteiger partial charge in [-0.05, 0) is 130 Å². The number of esters is 1. The average Bonchev–Trinajstić information content (AvgIpc) is 3.27. The van der Waals surface area contributed by atoms with Gasteiger partial charge in [-0.1, -0.05) is 48.5 Å². The van der Waals surface area contributed by atoms with E-state index in [4.69, 9.17) is 4.74 Å². The lowest BCUT2D eigenvalue weighted by Crippen LogP contribution is -2.67. The Morgan fingerprint density at radius 2 is 1.48 bits per heavy atom. The van der Waals surface area contributed by atoms with Crippen LogP contribution in [0.25, 0.3) is 0 Å². The molecule has 10 atom stereocenters. The van der Waals surface area contributed by atoms with E-state index in [0.29, 0.717) is 29.6 Å². The van der Waals surface area contributed by atoms with Crippen molar-refractivity contribution in [3.63, 3.8) is 0 Å². The number of carboxylic acid groups (broad SMARTS) is 2. The van der Waals surface area contributed by atoms with E-state index >= 15 is 0 Å². The van der Waals surface area contributed by atoms with E-state index in [9.17, 15) is 24.6 Å². The number of ether oxygens (including phenoxy) is 1. The molecule has 0 saturated heterocycles. The van der Waals surface area contributed by atoms with Crippen molar-refractivity contribution in [2.45, 2.75) is 139 Å². The largest absolute Gasteiger partial charge is 0.481 e. The van der Waals surface area contributed by atoms with E-state index in [-0.39, 0.29) is 40.1 Å². The van der Waals surface area contributed by atoms with Crippen molar-refractivity contribution in [3.05, 3.63) is 0 Å². The standard InChI is InChI=1S/C36H58O6/c1-21(2)22-12-17-36(30(40)41)19-18-34(8)23(28(22)36)10-11-25-33(7)15-14-26(42-27(37)20-31(3,4)29(38)39)32(5,6)24(33)13-16-35(25,34)9/h21-26,28H,10-20H2,1-9H3,(H,38,39)(H,40,41)/t22-,23?,24?,25?,26-,28?,33-,34+,35+,36-/m0/s1. The molecule has 0 aromatic rings. The van der Waals surface area contributed by atoms with Gasteiger partial charge in [0.1, 0.15) is 6.10 Å². The fourth-order valence-corrected chi connectivity index (χ4v) is 12.6. The third-order valence-electron chi connectivity index (χ3n) is 15.1. The fourth-order valence-electron chi connectivity index (χ4n) is 12.6. The number of fused-ring (bicyclic) bond motifs is 7. The smallest absolute Gasteiger partial charge is 0.309 e. The van der Waals surface area contributed by atoms with E-state index in [2.05, 4.69) is 48.5 Å². The average molecular weight is 587 g/mol. The summed E-state index contributed by atoms with van der Waals surface area (Å²) in [5.74, 6) is 0.791. The molecule has 42 heavy (non-hydrogen) atoms. The molecule has 0 aromatic heterocycles. The SMILES string of the molecule is CC(C)[C@@H]1CC[C@]2(C(=O)O)CC[C@]3(C)C(CCC4[C@@]5(C)CC[C@H](OC(=O)CC(C)(C)C(=O)O)C(C)(C)C5CC[C@]43C)C12. The lowest BCUT2D eigenvalue weighted by Gasteiger charge is -2.72. The Morgan fingerprint density at radius 3 is 2.07 bits per heavy atom. The molecule has 0 bridgehead atoms. The molecule has 5 aliphatic carbocycles. The number of hydrogen-bond acceptors (Lipinski definition) is 4. The van der Waals surface area contributed by atoms with Crippen LogP contribution >= 0.6 is 0 Å². The third kappa shape index (κ3) is 4.25. The Balaban J connectivity index is 1.42. The van der Waals surface area contributed by atoms with Crippen LogP contribution < -0.4 is 0 Å². The van der Waals surface area contributed by atoms with Gasteiger partial charge in [-0.25, -0.2) is 0 Å². The first kappa shape index (κ1) is 31.8. The molecule has 4 unspecified atom stereocenters. The Hall–Kier alpha value is -1.59. The van der Waals surface area contributed by atoms with Crippen molar-refractivity contribution in [2.24, 2.45) is 68.0 Å². The van der Waals surface area contributed by atoms with Gasteiger partial charge in [0.05, 0.1) is 17.3 Å². The molecule has 0 heterocycles. The van der Waals surface area contributed by atoms with Crippen LogP contribution in [0.15, 0.2) is 0 Å². The van der Waals surface area contributed by atoms with Gasteiger partial charge in [0.15, 0.2) is 0 Å². The van der Waals surface area contributed by atoms with Gasteiger partial charge < -0.3 is 14.9 Å². The summed E-state index contributed by atoms with van der Waals surface area (Å²) in [5.41, 5.74) is -1.47. The minimum atomic E-state index is -1.14. The van der Waals surface area contributed by atoms with Crippen LogP contribution in [0.2, 0.25) is 0 Å². The highest BCUT2D eigenvalue weighted by Crippen LogP contribution is 2.77. The summed E-state index contributed by atoms with van der Waals surface area (Å²) in [5, 5.41) is 20.2. The minimum absolute atomic E-state index is 0.117. The highest BCUT2D eigenvalue weighted by atomic mass is 16.5. The van der Waals surface area contributed by atoms with Crippen molar-refractivity contribution < 1.29 is 29.3 Å². The van der Waals surface area contributed by atoms with E-state index in [1.807, 2.05) is 0 Å². The normalized spacial score (nSPS) is 46.1. The number of aliphatic carboxylic acids is 2. The van der Waals surface area contributed by atoms with Gasteiger partial charge in [-0.3, -0.25) is 14.4 Å². The Morgan fingerprint density at radius 1 is 0.810 bits per heavy atom. The second-order valence-corrected chi connectivity index (χ2v) is 17.8. The Kier molecular flexibility index (Phi) is 7.55. The first-order valence-electron chi connectivity index (χ1n) is 16.9. The number of hydrogen-bond donors (Lipinski definition) is 2. The molecule has 6 nitrogen and oxygen atoms in total. The van der Waals surface area contributed by atoms with Crippen LogP contribution in [0.3, 0.4) is 0 Å². The highest BCUT2D eigenvalue weighted by Gasteiger charge is 2.72. The van der Waals surface area contributed by atoms with E-state index in [1.165, 1.54) is 0 Å². The number of carboxylic acids is 2. The zero-order valence-corrected chi connectivity index (χ0v) is 27.8. The van der Waals surface area contributed by atoms with Crippen molar-refractivity contribution >= 4 is 17.9 Å². The van der Waals surface area contributed by atoms with Crippen LogP contribution in [0, 0.1) is 68.0 Å². The van der Waals surface area contributed by atoms with Gasteiger partial charge in [-0.2, -0.15) is 0 Å². The molecule has 5 rings (SSSR count). The molecule has 0 spiro atoms. The van der Waals surface area contributed by atoms with Crippen molar-refractivity contribution in [1.82, 2.24) is 0 Å².